The molecule has 1 atom stereocenters. The highest BCUT2D eigenvalue weighted by atomic mass is 16.2. The molecular formula is C17H14N2O. The fraction of sp³-hybridized carbons (Fsp3) is 0.176. The molecule has 0 unspecified atom stereocenters. The Kier molecular flexibility index (Phi) is 3.00. The number of carbonyl (C=O) groups excluding carboxylic acids is 1. The third kappa shape index (κ3) is 1.78. The molecule has 0 aliphatic carbocycles. The first-order valence-corrected chi connectivity index (χ1v) is 6.63. The summed E-state index contributed by atoms with van der Waals surface area (Å²) in [5, 5.41) is 9.78. The Bertz CT molecular complexity index is 660. The average molecular weight is 262 g/mol. The van der Waals surface area contributed by atoms with Crippen LogP contribution >= 0.6 is 0 Å². The third-order valence-corrected chi connectivity index (χ3v) is 3.78. The lowest BCUT2D eigenvalue weighted by Crippen LogP contribution is -2.42. The van der Waals surface area contributed by atoms with Crippen molar-refractivity contribution in [3.63, 3.8) is 0 Å². The zero-order valence-electron chi connectivity index (χ0n) is 11.0. The largest absolute Gasteiger partial charge is 0.289 e. The second-order valence-corrected chi connectivity index (χ2v) is 4.90. The van der Waals surface area contributed by atoms with Gasteiger partial charge in [-0.3, -0.25) is 9.69 Å². The molecule has 3 heteroatoms. The van der Waals surface area contributed by atoms with Crippen molar-refractivity contribution in [1.29, 1.82) is 5.26 Å². The fourth-order valence-electron chi connectivity index (χ4n) is 2.82. The predicted octanol–water partition coefficient (Wildman–Crippen LogP) is 3.23. The lowest BCUT2D eigenvalue weighted by atomic mass is 9.88. The van der Waals surface area contributed by atoms with Crippen LogP contribution < -0.4 is 4.90 Å². The van der Waals surface area contributed by atoms with Crippen LogP contribution in [0.4, 0.5) is 5.69 Å². The molecule has 0 saturated carbocycles. The van der Waals surface area contributed by atoms with Gasteiger partial charge in [-0.2, -0.15) is 5.26 Å². The molecule has 0 bridgehead atoms. The number of hydrogen-bond donors (Lipinski definition) is 0. The molecule has 0 spiro atoms. The molecule has 1 fully saturated rings. The minimum Gasteiger partial charge on any atom is -0.289 e. The van der Waals surface area contributed by atoms with Gasteiger partial charge in [0.1, 0.15) is 0 Å². The molecule has 2 aromatic carbocycles. The van der Waals surface area contributed by atoms with Gasteiger partial charge in [-0.25, -0.2) is 0 Å². The summed E-state index contributed by atoms with van der Waals surface area (Å²) in [6, 6.07) is 21.3. The molecule has 1 saturated heterocycles. The van der Waals surface area contributed by atoms with Crippen molar-refractivity contribution < 1.29 is 4.79 Å². The number of benzene rings is 2. The minimum atomic E-state index is -0.889. The highest BCUT2D eigenvalue weighted by Crippen LogP contribution is 2.42. The molecular weight excluding hydrogens is 248 g/mol. The predicted molar refractivity (Wildman–Crippen MR) is 76.9 cm³/mol. The van der Waals surface area contributed by atoms with E-state index < -0.39 is 5.54 Å². The Morgan fingerprint density at radius 1 is 1.00 bits per heavy atom. The van der Waals surface area contributed by atoms with E-state index in [9.17, 15) is 10.1 Å². The molecule has 3 nitrogen and oxygen atoms in total. The second-order valence-electron chi connectivity index (χ2n) is 4.90. The summed E-state index contributed by atoms with van der Waals surface area (Å²) in [4.78, 5) is 13.9. The van der Waals surface area contributed by atoms with Crippen LogP contribution in [0.2, 0.25) is 0 Å². The minimum absolute atomic E-state index is 0.00148. The smallest absolute Gasteiger partial charge is 0.228 e. The molecule has 0 aromatic heterocycles. The number of nitriles is 1. The van der Waals surface area contributed by atoms with Gasteiger partial charge in [0, 0.05) is 12.1 Å². The van der Waals surface area contributed by atoms with Crippen molar-refractivity contribution in [1.82, 2.24) is 0 Å². The summed E-state index contributed by atoms with van der Waals surface area (Å²) < 4.78 is 0. The Labute approximate surface area is 118 Å². The molecule has 0 N–H and O–H groups in total. The quantitative estimate of drug-likeness (QED) is 0.834. The topological polar surface area (TPSA) is 44.1 Å². The third-order valence-electron chi connectivity index (χ3n) is 3.78. The van der Waals surface area contributed by atoms with Gasteiger partial charge in [-0.1, -0.05) is 48.5 Å². The molecule has 2 aromatic rings. The molecule has 98 valence electrons. The van der Waals surface area contributed by atoms with Crippen molar-refractivity contribution in [3.8, 4) is 6.07 Å². The van der Waals surface area contributed by atoms with E-state index in [2.05, 4.69) is 6.07 Å². The normalized spacial score (nSPS) is 21.8. The van der Waals surface area contributed by atoms with Crippen LogP contribution in [0.25, 0.3) is 0 Å². The molecule has 1 heterocycles. The summed E-state index contributed by atoms with van der Waals surface area (Å²) >= 11 is 0. The van der Waals surface area contributed by atoms with Gasteiger partial charge in [-0.15, -0.1) is 0 Å². The van der Waals surface area contributed by atoms with Crippen LogP contribution in [-0.2, 0) is 10.3 Å². The van der Waals surface area contributed by atoms with E-state index in [1.54, 1.807) is 4.90 Å². The Morgan fingerprint density at radius 3 is 2.20 bits per heavy atom. The maximum Gasteiger partial charge on any atom is 0.228 e. The van der Waals surface area contributed by atoms with E-state index in [1.807, 2.05) is 60.7 Å². The number of rotatable bonds is 2. The van der Waals surface area contributed by atoms with Gasteiger partial charge in [0.25, 0.3) is 0 Å². The van der Waals surface area contributed by atoms with Crippen LogP contribution in [0.15, 0.2) is 60.7 Å². The first-order valence-electron chi connectivity index (χ1n) is 6.63. The monoisotopic (exact) mass is 262 g/mol. The van der Waals surface area contributed by atoms with Crippen molar-refractivity contribution in [2.75, 3.05) is 4.90 Å². The molecule has 1 aliphatic heterocycles. The SMILES string of the molecule is N#C[C@]1(c2ccccc2)CCC(=O)N1c1ccccc1. The highest BCUT2D eigenvalue weighted by molar-refractivity contribution is 5.98. The summed E-state index contributed by atoms with van der Waals surface area (Å²) in [6.45, 7) is 0. The van der Waals surface area contributed by atoms with E-state index >= 15 is 0 Å². The van der Waals surface area contributed by atoms with Crippen LogP contribution in [0.3, 0.4) is 0 Å². The number of carbonyl (C=O) groups is 1. The number of amides is 1. The Balaban J connectivity index is 2.16. The van der Waals surface area contributed by atoms with Crippen molar-refractivity contribution in [2.45, 2.75) is 18.4 Å². The maximum atomic E-state index is 12.3. The van der Waals surface area contributed by atoms with Crippen molar-refractivity contribution >= 4 is 11.6 Å². The standard InChI is InChI=1S/C17H14N2O/c18-13-17(14-7-3-1-4-8-14)12-11-16(20)19(17)15-9-5-2-6-10-15/h1-10H,11-12H2/t17-/m0/s1. The van der Waals surface area contributed by atoms with E-state index in [-0.39, 0.29) is 5.91 Å². The molecule has 20 heavy (non-hydrogen) atoms. The number of para-hydroxylation sites is 1. The number of hydrogen-bond acceptors (Lipinski definition) is 2. The van der Waals surface area contributed by atoms with E-state index in [4.69, 9.17) is 0 Å². The van der Waals surface area contributed by atoms with E-state index in [0.717, 1.165) is 11.3 Å². The van der Waals surface area contributed by atoms with Gasteiger partial charge in [0.05, 0.1) is 6.07 Å². The van der Waals surface area contributed by atoms with Gasteiger partial charge in [0.2, 0.25) is 5.91 Å². The Morgan fingerprint density at radius 2 is 1.60 bits per heavy atom. The van der Waals surface area contributed by atoms with Crippen molar-refractivity contribution in [2.24, 2.45) is 0 Å². The summed E-state index contributed by atoms with van der Waals surface area (Å²) in [5.41, 5.74) is 0.761. The molecule has 0 radical (unpaired) electrons. The summed E-state index contributed by atoms with van der Waals surface area (Å²) in [7, 11) is 0. The van der Waals surface area contributed by atoms with Crippen LogP contribution in [0, 0.1) is 11.3 Å². The first-order chi connectivity index (χ1) is 9.78. The maximum absolute atomic E-state index is 12.3. The van der Waals surface area contributed by atoms with E-state index in [0.29, 0.717) is 12.8 Å². The van der Waals surface area contributed by atoms with Gasteiger partial charge >= 0.3 is 0 Å². The lowest BCUT2D eigenvalue weighted by molar-refractivity contribution is -0.117. The average Bonchev–Trinajstić information content (AvgIpc) is 2.87. The van der Waals surface area contributed by atoms with Gasteiger partial charge < -0.3 is 0 Å². The van der Waals surface area contributed by atoms with Gasteiger partial charge in [0.15, 0.2) is 5.54 Å². The van der Waals surface area contributed by atoms with Crippen LogP contribution in [0.1, 0.15) is 18.4 Å². The van der Waals surface area contributed by atoms with Crippen LogP contribution in [0.5, 0.6) is 0 Å². The highest BCUT2D eigenvalue weighted by Gasteiger charge is 2.47. The zero-order chi connectivity index (χ0) is 14.0. The molecule has 1 aliphatic rings. The molecule has 3 rings (SSSR count). The van der Waals surface area contributed by atoms with Gasteiger partial charge in [-0.05, 0) is 24.1 Å². The first kappa shape index (κ1) is 12.4. The fourth-order valence-corrected chi connectivity index (χ4v) is 2.82. The summed E-state index contributed by atoms with van der Waals surface area (Å²) in [5.74, 6) is 0.00148. The molecule has 1 amide bonds. The van der Waals surface area contributed by atoms with Crippen LogP contribution in [-0.4, -0.2) is 5.91 Å². The van der Waals surface area contributed by atoms with Crippen molar-refractivity contribution in [3.05, 3.63) is 66.2 Å². The summed E-state index contributed by atoms with van der Waals surface area (Å²) in [6.07, 6.45) is 0.929. The number of nitrogens with zero attached hydrogens (tertiary/aromatic N) is 2. The second kappa shape index (κ2) is 4.82. The number of anilines is 1. The van der Waals surface area contributed by atoms with E-state index in [1.165, 1.54) is 0 Å². The zero-order valence-corrected chi connectivity index (χ0v) is 11.0. The Hall–Kier alpha value is -2.60. The lowest BCUT2D eigenvalue weighted by Gasteiger charge is -2.33.